The van der Waals surface area contributed by atoms with Crippen LogP contribution in [-0.2, 0) is 19.4 Å². The minimum atomic E-state index is -4.55. The lowest BCUT2D eigenvalue weighted by molar-refractivity contribution is -0.190. The normalized spacial score (nSPS) is 10.8. The second-order valence-electron chi connectivity index (χ2n) is 1.58. The second kappa shape index (κ2) is 3.27. The van der Waals surface area contributed by atoms with Crippen molar-refractivity contribution in [3.05, 3.63) is 0 Å². The standard InChI is InChI=1S/C5H5F2O4/c1-2-11-4(10)5(6,7)3(8)9/h2H2,1H3. The molecule has 0 aromatic carbocycles. The first-order chi connectivity index (χ1) is 4.92. The van der Waals surface area contributed by atoms with Gasteiger partial charge in [0.15, 0.2) is 0 Å². The van der Waals surface area contributed by atoms with Gasteiger partial charge in [0.2, 0.25) is 0 Å². The summed E-state index contributed by atoms with van der Waals surface area (Å²) >= 11 is 0. The van der Waals surface area contributed by atoms with Crippen molar-refractivity contribution in [2.45, 2.75) is 12.8 Å². The summed E-state index contributed by atoms with van der Waals surface area (Å²) in [5.74, 6) is -9.40. The Morgan fingerprint density at radius 2 is 1.91 bits per heavy atom. The van der Waals surface area contributed by atoms with E-state index in [-0.39, 0.29) is 6.61 Å². The number of hydrogen-bond acceptors (Lipinski definition) is 3. The van der Waals surface area contributed by atoms with E-state index in [9.17, 15) is 23.5 Å². The van der Waals surface area contributed by atoms with Gasteiger partial charge in [-0.15, -0.1) is 0 Å². The predicted molar refractivity (Wildman–Crippen MR) is 27.3 cm³/mol. The molecule has 0 fully saturated rings. The molecule has 0 rings (SSSR count). The molecule has 0 unspecified atom stereocenters. The second-order valence-corrected chi connectivity index (χ2v) is 1.58. The van der Waals surface area contributed by atoms with Crippen molar-refractivity contribution in [3.8, 4) is 0 Å². The lowest BCUT2D eigenvalue weighted by Gasteiger charge is -2.06. The van der Waals surface area contributed by atoms with E-state index >= 15 is 0 Å². The van der Waals surface area contributed by atoms with Crippen LogP contribution in [0.3, 0.4) is 0 Å². The molecule has 0 aromatic rings. The molecule has 63 valence electrons. The molecule has 0 aliphatic carbocycles. The molecular formula is C5H5F2O4. The minimum Gasteiger partial charge on any atom is -0.461 e. The molecule has 0 aromatic heterocycles. The fourth-order valence-electron chi connectivity index (χ4n) is 0.305. The molecule has 11 heavy (non-hydrogen) atoms. The van der Waals surface area contributed by atoms with Gasteiger partial charge in [-0.25, -0.2) is 14.7 Å². The van der Waals surface area contributed by atoms with E-state index in [1.165, 1.54) is 6.92 Å². The molecule has 0 bridgehead atoms. The third-order valence-corrected chi connectivity index (χ3v) is 0.788. The minimum absolute atomic E-state index is 0.304. The maximum Gasteiger partial charge on any atom is 0.441 e. The van der Waals surface area contributed by atoms with Crippen LogP contribution in [0.5, 0.6) is 0 Å². The lowest BCUT2D eigenvalue weighted by Crippen LogP contribution is -2.38. The van der Waals surface area contributed by atoms with E-state index in [2.05, 4.69) is 4.74 Å². The van der Waals surface area contributed by atoms with Crippen LogP contribution >= 0.6 is 0 Å². The highest BCUT2D eigenvalue weighted by Gasteiger charge is 2.51. The van der Waals surface area contributed by atoms with E-state index in [0.717, 1.165) is 0 Å². The Balaban J connectivity index is 4.30. The van der Waals surface area contributed by atoms with Crippen molar-refractivity contribution in [3.63, 3.8) is 0 Å². The van der Waals surface area contributed by atoms with Gasteiger partial charge in [0, 0.05) is 0 Å². The Morgan fingerprint density at radius 1 is 1.45 bits per heavy atom. The first kappa shape index (κ1) is 9.80. The monoisotopic (exact) mass is 167 g/mol. The summed E-state index contributed by atoms with van der Waals surface area (Å²) in [6.07, 6.45) is 0. The zero-order valence-electron chi connectivity index (χ0n) is 5.60. The smallest absolute Gasteiger partial charge is 0.441 e. The Labute approximate surface area is 60.8 Å². The largest absolute Gasteiger partial charge is 0.461 e. The highest BCUT2D eigenvalue weighted by atomic mass is 19.3. The molecular weight excluding hydrogens is 162 g/mol. The van der Waals surface area contributed by atoms with E-state index in [1.807, 2.05) is 0 Å². The molecule has 0 aliphatic rings. The van der Waals surface area contributed by atoms with Crippen molar-refractivity contribution in [2.24, 2.45) is 0 Å². The summed E-state index contributed by atoms with van der Waals surface area (Å²) in [6.45, 7) is 0.977. The maximum atomic E-state index is 12.0. The van der Waals surface area contributed by atoms with Crippen molar-refractivity contribution in [1.82, 2.24) is 0 Å². The quantitative estimate of drug-likeness (QED) is 0.443. The third-order valence-electron chi connectivity index (χ3n) is 0.788. The van der Waals surface area contributed by atoms with Crippen LogP contribution in [0, 0.1) is 0 Å². The van der Waals surface area contributed by atoms with Crippen molar-refractivity contribution in [1.29, 1.82) is 0 Å². The van der Waals surface area contributed by atoms with E-state index in [1.54, 1.807) is 0 Å². The summed E-state index contributed by atoms with van der Waals surface area (Å²) in [4.78, 5) is 19.7. The summed E-state index contributed by atoms with van der Waals surface area (Å²) in [6, 6.07) is 0. The van der Waals surface area contributed by atoms with Crippen LogP contribution in [0.4, 0.5) is 8.78 Å². The molecule has 0 saturated carbocycles. The number of carbonyl (C=O) groups is 2. The highest BCUT2D eigenvalue weighted by molar-refractivity contribution is 6.00. The fraction of sp³-hybridized carbons (Fsp3) is 0.600. The Kier molecular flexibility index (Phi) is 2.91. The fourth-order valence-corrected chi connectivity index (χ4v) is 0.305. The molecule has 4 nitrogen and oxygen atoms in total. The zero-order valence-corrected chi connectivity index (χ0v) is 5.60. The molecule has 0 amide bonds. The van der Waals surface area contributed by atoms with E-state index in [4.69, 9.17) is 0 Å². The van der Waals surface area contributed by atoms with Gasteiger partial charge in [-0.05, 0) is 6.92 Å². The average Bonchev–Trinajstić information content (AvgIpc) is 1.88. The number of ether oxygens (including phenoxy) is 1. The molecule has 6 heteroatoms. The van der Waals surface area contributed by atoms with Crippen LogP contribution in [0.2, 0.25) is 0 Å². The Morgan fingerprint density at radius 3 is 2.18 bits per heavy atom. The van der Waals surface area contributed by atoms with Crippen LogP contribution in [0.15, 0.2) is 0 Å². The summed E-state index contributed by atoms with van der Waals surface area (Å²) in [5, 5.41) is 9.58. The molecule has 0 N–H and O–H groups in total. The Hall–Kier alpha value is -1.20. The molecule has 0 saturated heterocycles. The maximum absolute atomic E-state index is 12.0. The zero-order chi connectivity index (χ0) is 9.07. The van der Waals surface area contributed by atoms with Gasteiger partial charge < -0.3 is 4.74 Å². The van der Waals surface area contributed by atoms with Gasteiger partial charge in [0.1, 0.15) is 0 Å². The summed E-state index contributed by atoms with van der Waals surface area (Å²) in [7, 11) is 0. The van der Waals surface area contributed by atoms with E-state index < -0.39 is 17.9 Å². The summed E-state index contributed by atoms with van der Waals surface area (Å²) < 4.78 is 27.7. The van der Waals surface area contributed by atoms with Gasteiger partial charge in [-0.2, -0.15) is 8.78 Å². The van der Waals surface area contributed by atoms with Crippen molar-refractivity contribution >= 4 is 11.9 Å². The predicted octanol–water partition coefficient (Wildman–Crippen LogP) is 0.142. The lowest BCUT2D eigenvalue weighted by atomic mass is 10.3. The van der Waals surface area contributed by atoms with Crippen molar-refractivity contribution < 1.29 is 28.2 Å². The Bertz CT molecular complexity index is 177. The molecule has 0 aliphatic heterocycles. The van der Waals surface area contributed by atoms with Crippen LogP contribution in [-0.4, -0.2) is 24.5 Å². The third kappa shape index (κ3) is 2.14. The average molecular weight is 167 g/mol. The SMILES string of the molecule is CCOC(=O)C(F)(F)C([O])=O. The first-order valence-corrected chi connectivity index (χ1v) is 2.69. The van der Waals surface area contributed by atoms with Crippen molar-refractivity contribution in [2.75, 3.05) is 6.61 Å². The molecule has 0 atom stereocenters. The topological polar surface area (TPSA) is 63.3 Å². The molecule has 1 radical (unpaired) electrons. The van der Waals surface area contributed by atoms with Gasteiger partial charge in [-0.3, -0.25) is 0 Å². The molecule has 0 spiro atoms. The van der Waals surface area contributed by atoms with E-state index in [0.29, 0.717) is 0 Å². The number of rotatable bonds is 3. The number of esters is 1. The summed E-state index contributed by atoms with van der Waals surface area (Å²) in [5.41, 5.74) is 0. The van der Waals surface area contributed by atoms with Gasteiger partial charge in [-0.1, -0.05) is 0 Å². The first-order valence-electron chi connectivity index (χ1n) is 2.69. The number of halogens is 2. The highest BCUT2D eigenvalue weighted by Crippen LogP contribution is 2.15. The number of hydrogen-bond donors (Lipinski definition) is 0. The van der Waals surface area contributed by atoms with Gasteiger partial charge in [0.05, 0.1) is 6.61 Å². The van der Waals surface area contributed by atoms with Crippen LogP contribution in [0.25, 0.3) is 0 Å². The molecule has 0 heterocycles. The van der Waals surface area contributed by atoms with Gasteiger partial charge in [0.25, 0.3) is 0 Å². The number of alkyl halides is 2. The van der Waals surface area contributed by atoms with Crippen LogP contribution in [0.1, 0.15) is 6.92 Å². The van der Waals surface area contributed by atoms with Gasteiger partial charge >= 0.3 is 17.9 Å². The number of carbonyl (C=O) groups excluding carboxylic acids is 2. The van der Waals surface area contributed by atoms with Crippen LogP contribution < -0.4 is 0 Å².